The van der Waals surface area contributed by atoms with Gasteiger partial charge in [0.05, 0.1) is 5.69 Å². The first-order valence-corrected chi connectivity index (χ1v) is 7.81. The van der Waals surface area contributed by atoms with E-state index in [1.807, 2.05) is 30.3 Å². The second-order valence-electron chi connectivity index (χ2n) is 6.21. The Hall–Kier alpha value is -1.65. The summed E-state index contributed by atoms with van der Waals surface area (Å²) in [5.41, 5.74) is 2.08. The van der Waals surface area contributed by atoms with Crippen molar-refractivity contribution < 1.29 is 4.42 Å². The van der Waals surface area contributed by atoms with Crippen molar-refractivity contribution in [1.29, 1.82) is 0 Å². The van der Waals surface area contributed by atoms with Gasteiger partial charge in [-0.25, -0.2) is 4.98 Å². The molecule has 2 aliphatic heterocycles. The van der Waals surface area contributed by atoms with Crippen LogP contribution in [0.1, 0.15) is 12.1 Å². The van der Waals surface area contributed by atoms with Gasteiger partial charge in [-0.05, 0) is 50.0 Å². The number of hydrogen-bond acceptors (Lipinski definition) is 4. The molecule has 21 heavy (non-hydrogen) atoms. The first-order valence-electron chi connectivity index (χ1n) is 7.81. The minimum absolute atomic E-state index is 0.725. The van der Waals surface area contributed by atoms with Crippen molar-refractivity contribution >= 4 is 0 Å². The molecule has 1 aromatic carbocycles. The third-order valence-electron chi connectivity index (χ3n) is 4.75. The average molecular weight is 283 g/mol. The number of benzene rings is 1. The summed E-state index contributed by atoms with van der Waals surface area (Å²) in [5.74, 6) is 2.43. The molecule has 2 aromatic rings. The minimum atomic E-state index is 0.725. The molecule has 2 saturated heterocycles. The molecule has 0 saturated carbocycles. The fraction of sp³-hybridized carbons (Fsp3) is 0.471. The van der Waals surface area contributed by atoms with E-state index in [1.54, 1.807) is 6.26 Å². The van der Waals surface area contributed by atoms with Gasteiger partial charge in [0.2, 0.25) is 5.89 Å². The van der Waals surface area contributed by atoms with Gasteiger partial charge in [0.15, 0.2) is 0 Å². The minimum Gasteiger partial charge on any atom is -0.444 e. The summed E-state index contributed by atoms with van der Waals surface area (Å²) < 4.78 is 5.63. The second kappa shape index (κ2) is 5.62. The van der Waals surface area contributed by atoms with Crippen LogP contribution in [0.2, 0.25) is 0 Å². The zero-order chi connectivity index (χ0) is 14.1. The quantitative estimate of drug-likeness (QED) is 0.939. The number of likely N-dealkylation sites (tertiary alicyclic amines) is 1. The van der Waals surface area contributed by atoms with Gasteiger partial charge in [-0.15, -0.1) is 0 Å². The molecule has 2 aliphatic rings. The number of fused-ring (bicyclic) bond motifs is 1. The summed E-state index contributed by atoms with van der Waals surface area (Å²) in [6.45, 7) is 5.65. The van der Waals surface area contributed by atoms with Crippen LogP contribution in [-0.2, 0) is 6.54 Å². The normalized spacial score (nSPS) is 25.9. The van der Waals surface area contributed by atoms with E-state index in [4.69, 9.17) is 4.42 Å². The van der Waals surface area contributed by atoms with Crippen molar-refractivity contribution in [2.45, 2.75) is 13.0 Å². The zero-order valence-electron chi connectivity index (χ0n) is 12.2. The lowest BCUT2D eigenvalue weighted by Crippen LogP contribution is -2.39. The predicted molar refractivity (Wildman–Crippen MR) is 81.7 cm³/mol. The Balaban J connectivity index is 1.42. The van der Waals surface area contributed by atoms with E-state index in [0.29, 0.717) is 0 Å². The molecule has 2 atom stereocenters. The molecule has 110 valence electrons. The number of rotatable bonds is 3. The maximum absolute atomic E-state index is 5.63. The predicted octanol–water partition coefficient (Wildman–Crippen LogP) is 2.38. The van der Waals surface area contributed by atoms with Gasteiger partial charge < -0.3 is 9.73 Å². The molecular weight excluding hydrogens is 262 g/mol. The lowest BCUT2D eigenvalue weighted by Gasteiger charge is -2.33. The molecule has 4 nitrogen and oxygen atoms in total. The highest BCUT2D eigenvalue weighted by Gasteiger charge is 2.32. The lowest BCUT2D eigenvalue weighted by atomic mass is 9.89. The fourth-order valence-electron chi connectivity index (χ4n) is 3.58. The van der Waals surface area contributed by atoms with E-state index >= 15 is 0 Å². The van der Waals surface area contributed by atoms with Crippen molar-refractivity contribution in [3.8, 4) is 11.5 Å². The third kappa shape index (κ3) is 2.74. The Bertz CT molecular complexity index is 595. The summed E-state index contributed by atoms with van der Waals surface area (Å²) in [6, 6.07) is 10.1. The van der Waals surface area contributed by atoms with Gasteiger partial charge >= 0.3 is 0 Å². The lowest BCUT2D eigenvalue weighted by molar-refractivity contribution is 0.141. The van der Waals surface area contributed by atoms with Crippen molar-refractivity contribution in [1.82, 2.24) is 15.2 Å². The highest BCUT2D eigenvalue weighted by Crippen LogP contribution is 2.27. The molecule has 0 amide bonds. The third-order valence-corrected chi connectivity index (χ3v) is 4.75. The van der Waals surface area contributed by atoms with E-state index in [0.717, 1.165) is 35.5 Å². The maximum Gasteiger partial charge on any atom is 0.226 e. The molecule has 0 radical (unpaired) electrons. The highest BCUT2D eigenvalue weighted by atomic mass is 16.3. The van der Waals surface area contributed by atoms with Gasteiger partial charge in [0.1, 0.15) is 6.26 Å². The number of oxazole rings is 1. The Labute approximate surface area is 125 Å². The first-order chi connectivity index (χ1) is 10.4. The van der Waals surface area contributed by atoms with Gasteiger partial charge in [-0.2, -0.15) is 0 Å². The zero-order valence-corrected chi connectivity index (χ0v) is 12.2. The number of aromatic nitrogens is 1. The van der Waals surface area contributed by atoms with Crippen LogP contribution in [0.15, 0.2) is 41.0 Å². The van der Waals surface area contributed by atoms with Gasteiger partial charge in [0, 0.05) is 18.7 Å². The number of nitrogens with zero attached hydrogens (tertiary/aromatic N) is 2. The maximum atomic E-state index is 5.63. The summed E-state index contributed by atoms with van der Waals surface area (Å²) in [6.07, 6.45) is 3.11. The highest BCUT2D eigenvalue weighted by molar-refractivity contribution is 5.52. The largest absolute Gasteiger partial charge is 0.444 e. The van der Waals surface area contributed by atoms with Gasteiger partial charge in [-0.1, -0.05) is 18.2 Å². The topological polar surface area (TPSA) is 41.3 Å². The van der Waals surface area contributed by atoms with E-state index in [9.17, 15) is 0 Å². The molecule has 1 aromatic heterocycles. The van der Waals surface area contributed by atoms with E-state index < -0.39 is 0 Å². The Morgan fingerprint density at radius 3 is 2.95 bits per heavy atom. The van der Waals surface area contributed by atoms with Crippen LogP contribution >= 0.6 is 0 Å². The van der Waals surface area contributed by atoms with Crippen molar-refractivity contribution in [2.24, 2.45) is 11.8 Å². The average Bonchev–Trinajstić information content (AvgIpc) is 3.17. The molecule has 2 fully saturated rings. The van der Waals surface area contributed by atoms with Crippen LogP contribution in [0, 0.1) is 11.8 Å². The van der Waals surface area contributed by atoms with Gasteiger partial charge in [0.25, 0.3) is 0 Å². The van der Waals surface area contributed by atoms with Crippen LogP contribution in [0.25, 0.3) is 11.5 Å². The fourth-order valence-corrected chi connectivity index (χ4v) is 3.58. The smallest absolute Gasteiger partial charge is 0.226 e. The molecule has 3 heterocycles. The Morgan fingerprint density at radius 2 is 2.05 bits per heavy atom. The monoisotopic (exact) mass is 283 g/mol. The standard InChI is InChI=1S/C17H21N3O/c1-2-4-13(5-3-1)17-19-16(12-21-17)11-20-7-6-14-8-18-9-15(14)10-20/h1-5,12,14-15,18H,6-11H2. The molecule has 1 N–H and O–H groups in total. The van der Waals surface area contributed by atoms with E-state index in [2.05, 4.69) is 15.2 Å². The second-order valence-corrected chi connectivity index (χ2v) is 6.21. The molecule has 0 bridgehead atoms. The molecule has 0 spiro atoms. The van der Waals surface area contributed by atoms with Gasteiger partial charge in [-0.3, -0.25) is 4.90 Å². The van der Waals surface area contributed by atoms with Crippen molar-refractivity contribution in [2.75, 3.05) is 26.2 Å². The summed E-state index contributed by atoms with van der Waals surface area (Å²) in [7, 11) is 0. The van der Waals surface area contributed by atoms with Crippen LogP contribution in [0.3, 0.4) is 0 Å². The van der Waals surface area contributed by atoms with Crippen LogP contribution in [0.5, 0.6) is 0 Å². The first kappa shape index (κ1) is 13.0. The Kier molecular flexibility index (Phi) is 3.49. The number of nitrogens with one attached hydrogen (secondary N) is 1. The Morgan fingerprint density at radius 1 is 1.19 bits per heavy atom. The molecule has 4 heteroatoms. The van der Waals surface area contributed by atoms with Crippen molar-refractivity contribution in [3.63, 3.8) is 0 Å². The molecule has 0 aliphatic carbocycles. The SMILES string of the molecule is c1ccc(-c2nc(CN3CCC4CNCC4C3)co2)cc1. The summed E-state index contributed by atoms with van der Waals surface area (Å²) in [4.78, 5) is 7.15. The number of piperidine rings is 1. The van der Waals surface area contributed by atoms with Crippen LogP contribution in [-0.4, -0.2) is 36.1 Å². The van der Waals surface area contributed by atoms with E-state index in [-0.39, 0.29) is 0 Å². The van der Waals surface area contributed by atoms with E-state index in [1.165, 1.54) is 32.6 Å². The molecular formula is C17H21N3O. The van der Waals surface area contributed by atoms with Crippen LogP contribution < -0.4 is 5.32 Å². The summed E-state index contributed by atoms with van der Waals surface area (Å²) >= 11 is 0. The molecule has 4 rings (SSSR count). The van der Waals surface area contributed by atoms with Crippen molar-refractivity contribution in [3.05, 3.63) is 42.3 Å². The summed E-state index contributed by atoms with van der Waals surface area (Å²) in [5, 5.41) is 3.51. The number of hydrogen-bond donors (Lipinski definition) is 1. The van der Waals surface area contributed by atoms with Crippen LogP contribution in [0.4, 0.5) is 0 Å². The molecule has 2 unspecified atom stereocenters.